The van der Waals surface area contributed by atoms with Crippen molar-refractivity contribution in [3.05, 3.63) is 39.9 Å². The first-order valence-corrected chi connectivity index (χ1v) is 11.2. The largest absolute Gasteiger partial charge is 0.391 e. The lowest BCUT2D eigenvalue weighted by atomic mass is 9.65. The van der Waals surface area contributed by atoms with Crippen LogP contribution in [0.4, 0.5) is 22.0 Å². The Bertz CT molecular complexity index is 1090. The van der Waals surface area contributed by atoms with Gasteiger partial charge in [0.2, 0.25) is 5.92 Å². The minimum atomic E-state index is -4.23. The lowest BCUT2D eigenvalue weighted by Gasteiger charge is -2.43. The molecule has 2 aliphatic carbocycles. The third-order valence-electron chi connectivity index (χ3n) is 7.32. The van der Waals surface area contributed by atoms with E-state index in [1.807, 2.05) is 0 Å². The van der Waals surface area contributed by atoms with Crippen molar-refractivity contribution in [2.75, 3.05) is 7.05 Å². The van der Waals surface area contributed by atoms with Crippen molar-refractivity contribution in [3.8, 4) is 0 Å². The zero-order valence-corrected chi connectivity index (χ0v) is 18.1. The van der Waals surface area contributed by atoms with Crippen LogP contribution >= 0.6 is 0 Å². The highest BCUT2D eigenvalue weighted by Crippen LogP contribution is 2.52. The van der Waals surface area contributed by atoms with Gasteiger partial charge in [-0.05, 0) is 50.0 Å². The summed E-state index contributed by atoms with van der Waals surface area (Å²) in [6, 6.07) is 2.76. The summed E-state index contributed by atoms with van der Waals surface area (Å²) in [5.41, 5.74) is 0.0982. The summed E-state index contributed by atoms with van der Waals surface area (Å²) >= 11 is 0. The van der Waals surface area contributed by atoms with Gasteiger partial charge in [-0.2, -0.15) is 13.2 Å². The van der Waals surface area contributed by atoms with Crippen molar-refractivity contribution >= 4 is 16.8 Å². The van der Waals surface area contributed by atoms with Gasteiger partial charge in [-0.3, -0.25) is 14.6 Å². The maximum absolute atomic E-state index is 14.4. The van der Waals surface area contributed by atoms with E-state index in [4.69, 9.17) is 0 Å². The number of nitrogens with one attached hydrogen (secondary N) is 2. The van der Waals surface area contributed by atoms with Gasteiger partial charge < -0.3 is 10.3 Å². The van der Waals surface area contributed by atoms with E-state index in [-0.39, 0.29) is 48.6 Å². The van der Waals surface area contributed by atoms with Crippen LogP contribution in [0.1, 0.15) is 67.0 Å². The molecule has 5 nitrogen and oxygen atoms in total. The topological polar surface area (TPSA) is 74.8 Å². The average Bonchev–Trinajstić information content (AvgIpc) is 2.77. The minimum absolute atomic E-state index is 0.00315. The zero-order valence-electron chi connectivity index (χ0n) is 18.1. The molecule has 2 atom stereocenters. The molecule has 0 aromatic carbocycles. The molecule has 1 unspecified atom stereocenters. The van der Waals surface area contributed by atoms with Crippen molar-refractivity contribution in [2.45, 2.75) is 63.0 Å². The van der Waals surface area contributed by atoms with Crippen LogP contribution in [0.3, 0.4) is 0 Å². The van der Waals surface area contributed by atoms with E-state index in [0.717, 1.165) is 0 Å². The van der Waals surface area contributed by atoms with Gasteiger partial charge in [0.15, 0.2) is 5.43 Å². The number of carbonyl (C=O) groups excluding carboxylic acids is 1. The van der Waals surface area contributed by atoms with Gasteiger partial charge in [-0.15, -0.1) is 0 Å². The number of fused-ring (bicyclic) bond motifs is 1. The molecule has 2 saturated carbocycles. The monoisotopic (exact) mass is 471 g/mol. The minimum Gasteiger partial charge on any atom is -0.358 e. The number of amides is 1. The molecule has 2 aliphatic rings. The molecule has 4 rings (SSSR count). The van der Waals surface area contributed by atoms with Crippen LogP contribution in [0, 0.1) is 17.8 Å². The Balaban J connectivity index is 1.68. The molecule has 180 valence electrons. The summed E-state index contributed by atoms with van der Waals surface area (Å²) in [5.74, 6) is -5.83. The maximum Gasteiger partial charge on any atom is 0.391 e. The van der Waals surface area contributed by atoms with E-state index in [1.165, 1.54) is 25.4 Å². The van der Waals surface area contributed by atoms with E-state index >= 15 is 0 Å². The summed E-state index contributed by atoms with van der Waals surface area (Å²) < 4.78 is 68.1. The zero-order chi connectivity index (χ0) is 24.0. The lowest BCUT2D eigenvalue weighted by molar-refractivity contribution is -0.185. The number of halogens is 5. The van der Waals surface area contributed by atoms with Crippen LogP contribution in [0.5, 0.6) is 0 Å². The maximum atomic E-state index is 14.4. The predicted molar refractivity (Wildman–Crippen MR) is 112 cm³/mol. The molecule has 2 aromatic rings. The summed E-state index contributed by atoms with van der Waals surface area (Å²) in [6.07, 6.45) is -2.78. The number of nitrogens with zero attached hydrogens (tertiary/aromatic N) is 1. The summed E-state index contributed by atoms with van der Waals surface area (Å²) in [7, 11) is 1.41. The fourth-order valence-corrected chi connectivity index (χ4v) is 5.64. The number of rotatable bonds is 3. The quantitative estimate of drug-likeness (QED) is 0.607. The molecule has 2 aromatic heterocycles. The van der Waals surface area contributed by atoms with Gasteiger partial charge >= 0.3 is 6.18 Å². The van der Waals surface area contributed by atoms with Gasteiger partial charge in [0.05, 0.1) is 16.8 Å². The van der Waals surface area contributed by atoms with Crippen LogP contribution in [-0.4, -0.2) is 35.0 Å². The Morgan fingerprint density at radius 3 is 2.52 bits per heavy atom. The van der Waals surface area contributed by atoms with Crippen LogP contribution in [0.2, 0.25) is 0 Å². The third-order valence-corrected chi connectivity index (χ3v) is 7.32. The molecule has 1 amide bonds. The Labute approximate surface area is 187 Å². The SMILES string of the molecule is CNC(=O)c1nccc2[nH]c([C@@H]3CC(F)(F)CCC3C3CCC(C(F)(F)F)CC3)cc(=O)c12. The van der Waals surface area contributed by atoms with Crippen LogP contribution in [0.25, 0.3) is 10.9 Å². The second-order valence-electron chi connectivity index (χ2n) is 9.27. The van der Waals surface area contributed by atoms with Crippen molar-refractivity contribution in [2.24, 2.45) is 17.8 Å². The molecule has 0 aliphatic heterocycles. The van der Waals surface area contributed by atoms with Gasteiger partial charge in [-0.25, -0.2) is 8.78 Å². The standard InChI is InChI=1S/C23H26F5N3O2/c1-29-21(33)20-19-16(7-9-30-20)31-17(10-18(19)32)15-11-22(24,25)8-6-14(15)12-2-4-13(5-3-12)23(26,27)28/h7,9-10,12-15H,2-6,8,11H2,1H3,(H,29,33)(H,31,32)/t12?,13?,14?,15-/m1/s1. The van der Waals surface area contributed by atoms with E-state index in [0.29, 0.717) is 24.1 Å². The first-order chi connectivity index (χ1) is 15.5. The number of pyridine rings is 2. The van der Waals surface area contributed by atoms with E-state index in [2.05, 4.69) is 15.3 Å². The highest BCUT2D eigenvalue weighted by atomic mass is 19.4. The average molecular weight is 471 g/mol. The Morgan fingerprint density at radius 1 is 1.18 bits per heavy atom. The Hall–Kier alpha value is -2.52. The molecular weight excluding hydrogens is 445 g/mol. The van der Waals surface area contributed by atoms with Gasteiger partial charge in [-0.1, -0.05) is 0 Å². The highest BCUT2D eigenvalue weighted by Gasteiger charge is 2.48. The smallest absolute Gasteiger partial charge is 0.358 e. The molecule has 2 heterocycles. The van der Waals surface area contributed by atoms with E-state index < -0.39 is 41.7 Å². The van der Waals surface area contributed by atoms with Crippen molar-refractivity contribution in [1.29, 1.82) is 0 Å². The summed E-state index contributed by atoms with van der Waals surface area (Å²) in [6.45, 7) is 0. The van der Waals surface area contributed by atoms with Crippen molar-refractivity contribution < 1.29 is 26.7 Å². The van der Waals surface area contributed by atoms with Gasteiger partial charge in [0, 0.05) is 43.8 Å². The van der Waals surface area contributed by atoms with Crippen molar-refractivity contribution in [1.82, 2.24) is 15.3 Å². The summed E-state index contributed by atoms with van der Waals surface area (Å²) in [5, 5.41) is 2.49. The van der Waals surface area contributed by atoms with Crippen LogP contribution in [-0.2, 0) is 0 Å². The summed E-state index contributed by atoms with van der Waals surface area (Å²) in [4.78, 5) is 32.1. The predicted octanol–water partition coefficient (Wildman–Crippen LogP) is 5.17. The highest BCUT2D eigenvalue weighted by molar-refractivity contribution is 6.04. The second kappa shape index (κ2) is 8.68. The van der Waals surface area contributed by atoms with Crippen LogP contribution < -0.4 is 10.7 Å². The fourth-order valence-electron chi connectivity index (χ4n) is 5.64. The molecule has 0 bridgehead atoms. The molecule has 0 radical (unpaired) electrons. The second-order valence-corrected chi connectivity index (χ2v) is 9.27. The number of aromatic amines is 1. The fraction of sp³-hybridized carbons (Fsp3) is 0.609. The number of H-pyrrole nitrogens is 1. The lowest BCUT2D eigenvalue weighted by Crippen LogP contribution is -2.38. The number of hydrogen-bond donors (Lipinski definition) is 2. The Kier molecular flexibility index (Phi) is 6.22. The molecule has 2 fully saturated rings. The van der Waals surface area contributed by atoms with E-state index in [9.17, 15) is 31.5 Å². The van der Waals surface area contributed by atoms with Crippen molar-refractivity contribution in [3.63, 3.8) is 0 Å². The number of carbonyl (C=O) groups is 1. The van der Waals surface area contributed by atoms with Crippen LogP contribution in [0.15, 0.2) is 23.1 Å². The normalized spacial score (nSPS) is 27.9. The molecule has 2 N–H and O–H groups in total. The first-order valence-electron chi connectivity index (χ1n) is 11.2. The molecule has 33 heavy (non-hydrogen) atoms. The number of aromatic nitrogens is 2. The first kappa shape index (κ1) is 23.6. The van der Waals surface area contributed by atoms with Gasteiger partial charge in [0.25, 0.3) is 5.91 Å². The van der Waals surface area contributed by atoms with Gasteiger partial charge in [0.1, 0.15) is 5.69 Å². The molecule has 0 saturated heterocycles. The molecule has 10 heteroatoms. The molecular formula is C23H26F5N3O2. The number of alkyl halides is 5. The van der Waals surface area contributed by atoms with E-state index in [1.54, 1.807) is 0 Å². The third kappa shape index (κ3) is 4.75. The number of hydrogen-bond acceptors (Lipinski definition) is 3. The molecule has 0 spiro atoms. The Morgan fingerprint density at radius 2 is 1.88 bits per heavy atom.